The number of carbonyl (C=O) groups is 1. The fourth-order valence-electron chi connectivity index (χ4n) is 2.60. The summed E-state index contributed by atoms with van der Waals surface area (Å²) in [6.45, 7) is 0. The number of ether oxygens (including phenoxy) is 3. The van der Waals surface area contributed by atoms with E-state index in [1.807, 2.05) is 0 Å². The van der Waals surface area contributed by atoms with Crippen LogP contribution in [-0.2, 0) is 15.1 Å². The van der Waals surface area contributed by atoms with Crippen LogP contribution in [0, 0.1) is 0 Å². The van der Waals surface area contributed by atoms with E-state index in [1.165, 1.54) is 24.3 Å². The maximum absolute atomic E-state index is 14.3. The molecule has 0 amide bonds. The Morgan fingerprint density at radius 2 is 1.54 bits per heavy atom. The number of rotatable bonds is 6. The first kappa shape index (κ1) is 21.5. The topological polar surface area (TPSA) is 77.0 Å². The zero-order valence-electron chi connectivity index (χ0n) is 15.1. The number of hydrogen-bond acceptors (Lipinski definition) is 6. The number of halogens is 4. The minimum Gasteiger partial charge on any atom is -0.502 e. The first-order valence-electron chi connectivity index (χ1n) is 7.75. The Kier molecular flexibility index (Phi) is 6.18. The fraction of sp³-hybridized carbons (Fsp3) is 0.278. The summed E-state index contributed by atoms with van der Waals surface area (Å²) >= 11 is 5.77. The van der Waals surface area contributed by atoms with Gasteiger partial charge in [-0.1, -0.05) is 11.6 Å². The van der Waals surface area contributed by atoms with Crippen molar-refractivity contribution in [2.24, 2.45) is 0 Å². The van der Waals surface area contributed by atoms with Gasteiger partial charge in [-0.05, 0) is 36.4 Å². The van der Waals surface area contributed by atoms with E-state index in [1.54, 1.807) is 0 Å². The number of anilines is 1. The van der Waals surface area contributed by atoms with Gasteiger partial charge in [0.25, 0.3) is 5.54 Å². The van der Waals surface area contributed by atoms with Gasteiger partial charge in [0, 0.05) is 16.3 Å². The molecule has 0 aliphatic carbocycles. The predicted molar refractivity (Wildman–Crippen MR) is 96.0 cm³/mol. The van der Waals surface area contributed by atoms with Crippen molar-refractivity contribution in [1.82, 2.24) is 0 Å². The molecule has 2 rings (SSSR count). The lowest BCUT2D eigenvalue weighted by molar-refractivity contribution is -0.201. The van der Waals surface area contributed by atoms with Crippen molar-refractivity contribution in [1.29, 1.82) is 0 Å². The van der Waals surface area contributed by atoms with Crippen LogP contribution >= 0.6 is 11.6 Å². The Balaban J connectivity index is 2.80. The van der Waals surface area contributed by atoms with Crippen LogP contribution < -0.4 is 14.8 Å². The Bertz CT molecular complexity index is 832. The summed E-state index contributed by atoms with van der Waals surface area (Å²) in [4.78, 5) is 12.5. The molecule has 0 saturated heterocycles. The second kappa shape index (κ2) is 8.05. The lowest BCUT2D eigenvalue weighted by atomic mass is 9.87. The van der Waals surface area contributed by atoms with Crippen LogP contribution in [0.4, 0.5) is 18.9 Å². The first-order valence-corrected chi connectivity index (χ1v) is 8.12. The molecule has 1 unspecified atom stereocenters. The minimum absolute atomic E-state index is 0.0434. The van der Waals surface area contributed by atoms with Gasteiger partial charge in [0.15, 0.2) is 11.5 Å². The second-order valence-corrected chi connectivity index (χ2v) is 6.04. The van der Waals surface area contributed by atoms with E-state index < -0.39 is 29.0 Å². The summed E-state index contributed by atoms with van der Waals surface area (Å²) in [6, 6.07) is 7.04. The van der Waals surface area contributed by atoms with E-state index in [0.29, 0.717) is 5.02 Å². The van der Waals surface area contributed by atoms with Gasteiger partial charge in [0.2, 0.25) is 5.75 Å². The van der Waals surface area contributed by atoms with Crippen molar-refractivity contribution >= 4 is 23.3 Å². The Morgan fingerprint density at radius 1 is 1.04 bits per heavy atom. The molecule has 1 atom stereocenters. The lowest BCUT2D eigenvalue weighted by Gasteiger charge is -2.35. The maximum atomic E-state index is 14.3. The number of nitrogens with one attached hydrogen (secondary N) is 1. The molecule has 10 heteroatoms. The third-order valence-electron chi connectivity index (χ3n) is 4.01. The molecular formula is C18H17ClF3NO5. The number of methoxy groups -OCH3 is 3. The molecule has 0 radical (unpaired) electrons. The number of alkyl halides is 3. The number of aromatic hydroxyl groups is 1. The monoisotopic (exact) mass is 419 g/mol. The van der Waals surface area contributed by atoms with Crippen LogP contribution in [0.1, 0.15) is 5.56 Å². The number of esters is 1. The number of carbonyl (C=O) groups excluding carboxylic acids is 1. The average molecular weight is 420 g/mol. The van der Waals surface area contributed by atoms with E-state index in [9.17, 15) is 23.1 Å². The van der Waals surface area contributed by atoms with E-state index in [-0.39, 0.29) is 17.2 Å². The van der Waals surface area contributed by atoms with Gasteiger partial charge in [-0.3, -0.25) is 0 Å². The van der Waals surface area contributed by atoms with Crippen LogP contribution in [0.15, 0.2) is 36.4 Å². The zero-order chi connectivity index (χ0) is 21.1. The number of phenolic OH excluding ortho intramolecular Hbond substituents is 1. The smallest absolute Gasteiger partial charge is 0.426 e. The highest BCUT2D eigenvalue weighted by atomic mass is 35.5. The highest BCUT2D eigenvalue weighted by Crippen LogP contribution is 2.47. The van der Waals surface area contributed by atoms with Crippen molar-refractivity contribution in [3.05, 3.63) is 47.0 Å². The molecule has 2 aromatic carbocycles. The van der Waals surface area contributed by atoms with Crippen molar-refractivity contribution in [3.8, 4) is 17.2 Å². The first-order chi connectivity index (χ1) is 13.1. The second-order valence-electron chi connectivity index (χ2n) is 5.60. The fourth-order valence-corrected chi connectivity index (χ4v) is 2.73. The molecule has 0 fully saturated rings. The van der Waals surface area contributed by atoms with E-state index >= 15 is 0 Å². The van der Waals surface area contributed by atoms with Gasteiger partial charge in [-0.15, -0.1) is 0 Å². The summed E-state index contributed by atoms with van der Waals surface area (Å²) < 4.78 is 57.2. The highest BCUT2D eigenvalue weighted by molar-refractivity contribution is 6.30. The Hall–Kier alpha value is -2.81. The molecule has 2 aromatic rings. The molecule has 0 aliphatic heterocycles. The summed E-state index contributed by atoms with van der Waals surface area (Å²) in [7, 11) is 3.14. The SMILES string of the molecule is COC(=O)C(Nc1ccc(Cl)cc1)(c1cc(OC)c(O)c(OC)c1)C(F)(F)F. The summed E-state index contributed by atoms with van der Waals surface area (Å²) in [5.41, 5.74) is -3.96. The van der Waals surface area contributed by atoms with Gasteiger partial charge < -0.3 is 24.6 Å². The van der Waals surface area contributed by atoms with E-state index in [0.717, 1.165) is 33.5 Å². The minimum atomic E-state index is -5.15. The number of phenols is 1. The third-order valence-corrected chi connectivity index (χ3v) is 4.26. The number of benzene rings is 2. The Labute approximate surface area is 163 Å². The quantitative estimate of drug-likeness (QED) is 0.686. The standard InChI is InChI=1S/C18H17ClF3NO5/c1-26-13-8-10(9-14(27-2)15(13)24)17(16(25)28-3,18(20,21)22)23-12-6-4-11(19)5-7-12/h4-9,23-24H,1-3H3. The normalized spacial score (nSPS) is 13.4. The lowest BCUT2D eigenvalue weighted by Crippen LogP contribution is -2.55. The van der Waals surface area contributed by atoms with Gasteiger partial charge >= 0.3 is 12.1 Å². The molecule has 0 saturated carbocycles. The largest absolute Gasteiger partial charge is 0.502 e. The van der Waals surface area contributed by atoms with Gasteiger partial charge in [-0.2, -0.15) is 13.2 Å². The molecule has 0 bridgehead atoms. The zero-order valence-corrected chi connectivity index (χ0v) is 15.8. The molecule has 152 valence electrons. The summed E-state index contributed by atoms with van der Waals surface area (Å²) in [5.74, 6) is -2.76. The molecule has 28 heavy (non-hydrogen) atoms. The number of hydrogen-bond donors (Lipinski definition) is 2. The Morgan fingerprint density at radius 3 is 1.93 bits per heavy atom. The van der Waals surface area contributed by atoms with Crippen molar-refractivity contribution in [2.75, 3.05) is 26.6 Å². The van der Waals surface area contributed by atoms with Gasteiger partial charge in [-0.25, -0.2) is 4.79 Å². The average Bonchev–Trinajstić information content (AvgIpc) is 2.66. The van der Waals surface area contributed by atoms with Gasteiger partial charge in [0.1, 0.15) is 0 Å². The van der Waals surface area contributed by atoms with Gasteiger partial charge in [0.05, 0.1) is 21.3 Å². The summed E-state index contributed by atoms with van der Waals surface area (Å²) in [5, 5.41) is 12.5. The predicted octanol–water partition coefficient (Wildman–Crippen LogP) is 4.11. The maximum Gasteiger partial charge on any atom is 0.426 e. The molecule has 6 nitrogen and oxygen atoms in total. The van der Waals surface area contributed by atoms with Crippen molar-refractivity contribution < 1.29 is 37.3 Å². The molecule has 2 N–H and O–H groups in total. The van der Waals surface area contributed by atoms with Crippen LogP contribution in [0.5, 0.6) is 17.2 Å². The van der Waals surface area contributed by atoms with Crippen molar-refractivity contribution in [2.45, 2.75) is 11.7 Å². The highest BCUT2D eigenvalue weighted by Gasteiger charge is 2.63. The molecular weight excluding hydrogens is 403 g/mol. The van der Waals surface area contributed by atoms with Crippen LogP contribution in [0.2, 0.25) is 5.02 Å². The van der Waals surface area contributed by atoms with E-state index in [4.69, 9.17) is 21.1 Å². The van der Waals surface area contributed by atoms with Crippen LogP contribution in [-0.4, -0.2) is 38.6 Å². The van der Waals surface area contributed by atoms with Crippen molar-refractivity contribution in [3.63, 3.8) is 0 Å². The van der Waals surface area contributed by atoms with E-state index in [2.05, 4.69) is 10.1 Å². The summed E-state index contributed by atoms with van der Waals surface area (Å²) in [6.07, 6.45) is -5.15. The molecule has 0 spiro atoms. The molecule has 0 aromatic heterocycles. The van der Waals surface area contributed by atoms with Crippen LogP contribution in [0.3, 0.4) is 0 Å². The third kappa shape index (κ3) is 3.75. The molecule has 0 heterocycles. The molecule has 0 aliphatic rings. The van der Waals surface area contributed by atoms with Crippen LogP contribution in [0.25, 0.3) is 0 Å².